The summed E-state index contributed by atoms with van der Waals surface area (Å²) in [6, 6.07) is 15.2. The van der Waals surface area contributed by atoms with Crippen LogP contribution >= 0.6 is 11.6 Å². The molecule has 0 aliphatic rings. The predicted octanol–water partition coefficient (Wildman–Crippen LogP) is 2.83. The highest BCUT2D eigenvalue weighted by Crippen LogP contribution is 2.09. The minimum Gasteiger partial charge on any atom is -0.508 e. The number of hydrogen-bond donors (Lipinski definition) is 2. The number of aromatic hydroxyl groups is 1. The molecule has 1 amide bonds. The van der Waals surface area contributed by atoms with E-state index in [0.29, 0.717) is 16.3 Å². The Balaban J connectivity index is 0.000000181. The zero-order valence-corrected chi connectivity index (χ0v) is 9.76. The van der Waals surface area contributed by atoms with Crippen LogP contribution in [0.3, 0.4) is 0 Å². The molecule has 0 unspecified atom stereocenters. The standard InChI is InChI=1S/C7H6ClNO.C6H6O/c8-6-3-1-2-5(4-6)7(9)10;7-6-4-2-1-3-5-6/h1-4H,(H2,9,10);1-5,7H. The number of nitrogens with two attached hydrogens (primary N) is 1. The molecule has 0 fully saturated rings. The molecule has 0 saturated carbocycles. The Hall–Kier alpha value is -2.00. The summed E-state index contributed by atoms with van der Waals surface area (Å²) in [5, 5.41) is 9.16. The number of phenolic OH excluding ortho intramolecular Hbond substituents is 1. The molecular formula is C13H12ClNO2. The molecule has 0 radical (unpaired) electrons. The fourth-order valence-electron chi connectivity index (χ4n) is 1.07. The van der Waals surface area contributed by atoms with Crippen molar-refractivity contribution in [2.75, 3.05) is 0 Å². The van der Waals surface area contributed by atoms with Gasteiger partial charge in [-0.2, -0.15) is 0 Å². The zero-order valence-electron chi connectivity index (χ0n) is 9.01. The second kappa shape index (κ2) is 6.55. The summed E-state index contributed by atoms with van der Waals surface area (Å²) >= 11 is 5.58. The van der Waals surface area contributed by atoms with Crippen LogP contribution in [-0.4, -0.2) is 11.0 Å². The highest BCUT2D eigenvalue weighted by atomic mass is 35.5. The molecule has 4 heteroatoms. The molecule has 0 aliphatic heterocycles. The normalized spacial score (nSPS) is 9.00. The summed E-state index contributed by atoms with van der Waals surface area (Å²) in [6.07, 6.45) is 0. The molecule has 0 bridgehead atoms. The Morgan fingerprint density at radius 1 is 1.06 bits per heavy atom. The van der Waals surface area contributed by atoms with Gasteiger partial charge in [-0.3, -0.25) is 4.79 Å². The summed E-state index contributed by atoms with van der Waals surface area (Å²) in [5.41, 5.74) is 5.42. The molecule has 88 valence electrons. The number of hydrogen-bond acceptors (Lipinski definition) is 2. The lowest BCUT2D eigenvalue weighted by Gasteiger charge is -1.93. The second-order valence-corrected chi connectivity index (χ2v) is 3.65. The van der Waals surface area contributed by atoms with E-state index in [4.69, 9.17) is 22.4 Å². The van der Waals surface area contributed by atoms with Crippen molar-refractivity contribution in [3.63, 3.8) is 0 Å². The van der Waals surface area contributed by atoms with Crippen LogP contribution in [-0.2, 0) is 0 Å². The third-order valence-corrected chi connectivity index (χ3v) is 2.10. The number of para-hydroxylation sites is 1. The predicted molar refractivity (Wildman–Crippen MR) is 68.1 cm³/mol. The Morgan fingerprint density at radius 2 is 1.71 bits per heavy atom. The van der Waals surface area contributed by atoms with Crippen molar-refractivity contribution in [1.29, 1.82) is 0 Å². The average molecular weight is 250 g/mol. The van der Waals surface area contributed by atoms with Crippen LogP contribution in [0.1, 0.15) is 10.4 Å². The van der Waals surface area contributed by atoms with E-state index in [1.807, 2.05) is 6.07 Å². The van der Waals surface area contributed by atoms with Crippen LogP contribution in [0.2, 0.25) is 5.02 Å². The van der Waals surface area contributed by atoms with E-state index in [2.05, 4.69) is 0 Å². The fourth-order valence-corrected chi connectivity index (χ4v) is 1.26. The molecule has 3 nitrogen and oxygen atoms in total. The molecule has 0 heterocycles. The van der Waals surface area contributed by atoms with E-state index in [1.165, 1.54) is 6.07 Å². The van der Waals surface area contributed by atoms with E-state index < -0.39 is 5.91 Å². The van der Waals surface area contributed by atoms with E-state index in [0.717, 1.165) is 0 Å². The maximum atomic E-state index is 10.5. The topological polar surface area (TPSA) is 63.3 Å². The average Bonchev–Trinajstić information content (AvgIpc) is 2.31. The Labute approximate surface area is 104 Å². The smallest absolute Gasteiger partial charge is 0.248 e. The van der Waals surface area contributed by atoms with Crippen molar-refractivity contribution >= 4 is 17.5 Å². The van der Waals surface area contributed by atoms with Crippen LogP contribution < -0.4 is 5.73 Å². The number of amides is 1. The number of primary amides is 1. The van der Waals surface area contributed by atoms with E-state index >= 15 is 0 Å². The molecule has 0 aromatic heterocycles. The van der Waals surface area contributed by atoms with Crippen molar-refractivity contribution in [3.8, 4) is 5.75 Å². The van der Waals surface area contributed by atoms with Crippen molar-refractivity contribution in [2.45, 2.75) is 0 Å². The van der Waals surface area contributed by atoms with Gasteiger partial charge < -0.3 is 10.8 Å². The van der Waals surface area contributed by atoms with Gasteiger partial charge in [0.2, 0.25) is 5.91 Å². The van der Waals surface area contributed by atoms with E-state index in [-0.39, 0.29) is 0 Å². The number of carbonyl (C=O) groups excluding carboxylic acids is 1. The van der Waals surface area contributed by atoms with Crippen LogP contribution in [0.15, 0.2) is 54.6 Å². The van der Waals surface area contributed by atoms with Gasteiger partial charge >= 0.3 is 0 Å². The third-order valence-electron chi connectivity index (χ3n) is 1.87. The van der Waals surface area contributed by atoms with Gasteiger partial charge in [0.15, 0.2) is 0 Å². The molecule has 0 atom stereocenters. The molecule has 17 heavy (non-hydrogen) atoms. The molecule has 2 rings (SSSR count). The lowest BCUT2D eigenvalue weighted by atomic mass is 10.2. The maximum absolute atomic E-state index is 10.5. The quantitative estimate of drug-likeness (QED) is 0.816. The fraction of sp³-hybridized carbons (Fsp3) is 0. The Kier molecular flexibility index (Phi) is 5.04. The third kappa shape index (κ3) is 5.04. The first-order valence-corrected chi connectivity index (χ1v) is 5.27. The molecule has 2 aromatic rings. The molecule has 0 aliphatic carbocycles. The van der Waals surface area contributed by atoms with Gasteiger partial charge in [0, 0.05) is 10.6 Å². The second-order valence-electron chi connectivity index (χ2n) is 3.21. The van der Waals surface area contributed by atoms with Crippen LogP contribution in [0, 0.1) is 0 Å². The first-order valence-electron chi connectivity index (χ1n) is 4.89. The van der Waals surface area contributed by atoms with Crippen LogP contribution in [0.5, 0.6) is 5.75 Å². The van der Waals surface area contributed by atoms with Gasteiger partial charge in [-0.05, 0) is 30.3 Å². The number of rotatable bonds is 1. The van der Waals surface area contributed by atoms with Crippen LogP contribution in [0.4, 0.5) is 0 Å². The SMILES string of the molecule is NC(=O)c1cccc(Cl)c1.Oc1ccccc1. The highest BCUT2D eigenvalue weighted by molar-refractivity contribution is 6.30. The Morgan fingerprint density at radius 3 is 2.06 bits per heavy atom. The van der Waals surface area contributed by atoms with E-state index in [9.17, 15) is 4.79 Å². The maximum Gasteiger partial charge on any atom is 0.248 e. The summed E-state index contributed by atoms with van der Waals surface area (Å²) in [4.78, 5) is 10.5. The summed E-state index contributed by atoms with van der Waals surface area (Å²) in [6.45, 7) is 0. The molecule has 0 saturated heterocycles. The monoisotopic (exact) mass is 249 g/mol. The van der Waals surface area contributed by atoms with E-state index in [1.54, 1.807) is 42.5 Å². The number of halogens is 1. The largest absolute Gasteiger partial charge is 0.508 e. The first kappa shape index (κ1) is 13.1. The highest BCUT2D eigenvalue weighted by Gasteiger charge is 1.97. The molecular weight excluding hydrogens is 238 g/mol. The Bertz CT molecular complexity index is 486. The van der Waals surface area contributed by atoms with Crippen molar-refractivity contribution in [2.24, 2.45) is 5.73 Å². The number of phenols is 1. The van der Waals surface area contributed by atoms with Gasteiger partial charge in [-0.15, -0.1) is 0 Å². The van der Waals surface area contributed by atoms with Gasteiger partial charge in [-0.25, -0.2) is 0 Å². The minimum atomic E-state index is -0.456. The number of benzene rings is 2. The number of carbonyl (C=O) groups is 1. The summed E-state index contributed by atoms with van der Waals surface area (Å²) in [5.74, 6) is -0.134. The summed E-state index contributed by atoms with van der Waals surface area (Å²) < 4.78 is 0. The molecule has 3 N–H and O–H groups in total. The van der Waals surface area contributed by atoms with Crippen molar-refractivity contribution in [1.82, 2.24) is 0 Å². The van der Waals surface area contributed by atoms with Gasteiger partial charge in [0.05, 0.1) is 0 Å². The van der Waals surface area contributed by atoms with Crippen LogP contribution in [0.25, 0.3) is 0 Å². The van der Waals surface area contributed by atoms with Gasteiger partial charge in [0.25, 0.3) is 0 Å². The minimum absolute atomic E-state index is 0.322. The lowest BCUT2D eigenvalue weighted by Crippen LogP contribution is -2.10. The summed E-state index contributed by atoms with van der Waals surface area (Å²) in [7, 11) is 0. The zero-order chi connectivity index (χ0) is 12.7. The first-order chi connectivity index (χ1) is 8.09. The molecule has 2 aromatic carbocycles. The van der Waals surface area contributed by atoms with Gasteiger partial charge in [-0.1, -0.05) is 35.9 Å². The van der Waals surface area contributed by atoms with Gasteiger partial charge in [0.1, 0.15) is 5.75 Å². The van der Waals surface area contributed by atoms with Crippen molar-refractivity contribution < 1.29 is 9.90 Å². The molecule has 0 spiro atoms. The van der Waals surface area contributed by atoms with Crippen molar-refractivity contribution in [3.05, 3.63) is 65.2 Å². The lowest BCUT2D eigenvalue weighted by molar-refractivity contribution is 0.100.